The molecule has 0 spiro atoms. The second-order valence-electron chi connectivity index (χ2n) is 4.61. The standard InChI is InChI=1S/C13H17FO2/c14-13-6-5-11(16)7-12(13)10-3-1-9(8-15)2-4-10/h5-7,9-10,15-16H,1-4,8H2. The molecule has 0 heterocycles. The fraction of sp³-hybridized carbons (Fsp3) is 0.538. The van der Waals surface area contributed by atoms with Gasteiger partial charge in [0.1, 0.15) is 11.6 Å². The highest BCUT2D eigenvalue weighted by Crippen LogP contribution is 2.37. The van der Waals surface area contributed by atoms with E-state index in [1.165, 1.54) is 18.2 Å². The van der Waals surface area contributed by atoms with Crippen molar-refractivity contribution in [2.24, 2.45) is 5.92 Å². The number of aromatic hydroxyl groups is 1. The highest BCUT2D eigenvalue weighted by molar-refractivity contribution is 5.31. The predicted octanol–water partition coefficient (Wildman–Crippen LogP) is 2.80. The SMILES string of the molecule is OCC1CCC(c2cc(O)ccc2F)CC1. The molecule has 0 saturated heterocycles. The van der Waals surface area contributed by atoms with E-state index in [4.69, 9.17) is 5.11 Å². The van der Waals surface area contributed by atoms with Crippen LogP contribution in [0.5, 0.6) is 5.75 Å². The monoisotopic (exact) mass is 224 g/mol. The molecule has 0 bridgehead atoms. The number of hydrogen-bond donors (Lipinski definition) is 2. The highest BCUT2D eigenvalue weighted by Gasteiger charge is 2.24. The van der Waals surface area contributed by atoms with Gasteiger partial charge < -0.3 is 10.2 Å². The molecule has 0 aliphatic heterocycles. The van der Waals surface area contributed by atoms with Gasteiger partial charge in [-0.15, -0.1) is 0 Å². The maximum absolute atomic E-state index is 13.6. The van der Waals surface area contributed by atoms with Crippen molar-refractivity contribution < 1.29 is 14.6 Å². The van der Waals surface area contributed by atoms with Gasteiger partial charge in [-0.3, -0.25) is 0 Å². The van der Waals surface area contributed by atoms with Crippen LogP contribution in [0.25, 0.3) is 0 Å². The number of hydrogen-bond acceptors (Lipinski definition) is 2. The quantitative estimate of drug-likeness (QED) is 0.811. The van der Waals surface area contributed by atoms with Gasteiger partial charge in [-0.2, -0.15) is 0 Å². The van der Waals surface area contributed by atoms with Crippen LogP contribution in [0.15, 0.2) is 18.2 Å². The largest absolute Gasteiger partial charge is 0.508 e. The fourth-order valence-corrected chi connectivity index (χ4v) is 2.50. The lowest BCUT2D eigenvalue weighted by molar-refractivity contribution is 0.181. The minimum Gasteiger partial charge on any atom is -0.508 e. The fourth-order valence-electron chi connectivity index (χ4n) is 2.50. The van der Waals surface area contributed by atoms with Gasteiger partial charge in [0.15, 0.2) is 0 Å². The first-order chi connectivity index (χ1) is 7.70. The Morgan fingerprint density at radius 2 is 1.88 bits per heavy atom. The summed E-state index contributed by atoms with van der Waals surface area (Å²) < 4.78 is 13.6. The summed E-state index contributed by atoms with van der Waals surface area (Å²) in [6.07, 6.45) is 3.67. The molecular formula is C13H17FO2. The Balaban J connectivity index is 2.10. The first-order valence-electron chi connectivity index (χ1n) is 5.80. The average Bonchev–Trinajstić information content (AvgIpc) is 2.32. The van der Waals surface area contributed by atoms with Gasteiger partial charge in [-0.05, 0) is 61.3 Å². The van der Waals surface area contributed by atoms with E-state index in [9.17, 15) is 9.50 Å². The molecule has 0 atom stereocenters. The Labute approximate surface area is 94.7 Å². The number of aliphatic hydroxyl groups excluding tert-OH is 1. The summed E-state index contributed by atoms with van der Waals surface area (Å²) in [5.41, 5.74) is 0.622. The molecule has 16 heavy (non-hydrogen) atoms. The minimum atomic E-state index is -0.231. The smallest absolute Gasteiger partial charge is 0.126 e. The molecule has 2 rings (SSSR count). The minimum absolute atomic E-state index is 0.126. The van der Waals surface area contributed by atoms with Crippen LogP contribution in [0.3, 0.4) is 0 Å². The lowest BCUT2D eigenvalue weighted by Crippen LogP contribution is -2.16. The molecule has 0 radical (unpaired) electrons. The van der Waals surface area contributed by atoms with Crippen LogP contribution in [0.2, 0.25) is 0 Å². The molecule has 2 N–H and O–H groups in total. The zero-order valence-electron chi connectivity index (χ0n) is 9.19. The van der Waals surface area contributed by atoms with Crippen LogP contribution in [0.1, 0.15) is 37.2 Å². The van der Waals surface area contributed by atoms with Crippen LogP contribution in [0, 0.1) is 11.7 Å². The Kier molecular flexibility index (Phi) is 3.44. The van der Waals surface area contributed by atoms with E-state index in [2.05, 4.69) is 0 Å². The lowest BCUT2D eigenvalue weighted by Gasteiger charge is -2.27. The van der Waals surface area contributed by atoms with E-state index in [0.29, 0.717) is 11.5 Å². The van der Waals surface area contributed by atoms with Gasteiger partial charge in [0.2, 0.25) is 0 Å². The summed E-state index contributed by atoms with van der Waals surface area (Å²) in [6, 6.07) is 4.22. The summed E-state index contributed by atoms with van der Waals surface area (Å²) in [7, 11) is 0. The second-order valence-corrected chi connectivity index (χ2v) is 4.61. The van der Waals surface area contributed by atoms with E-state index in [0.717, 1.165) is 25.7 Å². The van der Waals surface area contributed by atoms with Gasteiger partial charge >= 0.3 is 0 Å². The number of phenolic OH excluding ortho intramolecular Hbond substituents is 1. The Morgan fingerprint density at radius 1 is 1.19 bits per heavy atom. The van der Waals surface area contributed by atoms with Gasteiger partial charge in [0.25, 0.3) is 0 Å². The first-order valence-corrected chi connectivity index (χ1v) is 5.80. The van der Waals surface area contributed by atoms with Crippen molar-refractivity contribution in [1.82, 2.24) is 0 Å². The first kappa shape index (κ1) is 11.4. The summed E-state index contributed by atoms with van der Waals surface area (Å²) in [5.74, 6) is 0.456. The molecule has 3 heteroatoms. The summed E-state index contributed by atoms with van der Waals surface area (Å²) in [5, 5.41) is 18.4. The van der Waals surface area contributed by atoms with Gasteiger partial charge in [0, 0.05) is 6.61 Å². The normalized spacial score (nSPS) is 25.6. The van der Waals surface area contributed by atoms with E-state index in [-0.39, 0.29) is 24.1 Å². The molecule has 1 aliphatic carbocycles. The molecule has 1 aromatic carbocycles. The molecule has 1 aliphatic rings. The van der Waals surface area contributed by atoms with Crippen LogP contribution < -0.4 is 0 Å². The summed E-state index contributed by atoms with van der Waals surface area (Å²) >= 11 is 0. The molecule has 1 saturated carbocycles. The van der Waals surface area contributed by atoms with Crippen molar-refractivity contribution in [3.8, 4) is 5.75 Å². The summed E-state index contributed by atoms with van der Waals surface area (Å²) in [4.78, 5) is 0. The third-order valence-corrected chi connectivity index (χ3v) is 3.52. The van der Waals surface area contributed by atoms with Crippen LogP contribution >= 0.6 is 0 Å². The molecule has 0 amide bonds. The topological polar surface area (TPSA) is 40.5 Å². The zero-order valence-corrected chi connectivity index (χ0v) is 9.19. The Bertz CT molecular complexity index is 357. The van der Waals surface area contributed by atoms with Crippen LogP contribution in [0.4, 0.5) is 4.39 Å². The molecular weight excluding hydrogens is 207 g/mol. The van der Waals surface area contributed by atoms with Gasteiger partial charge in [-0.25, -0.2) is 4.39 Å². The lowest BCUT2D eigenvalue weighted by atomic mass is 9.79. The Hall–Kier alpha value is -1.09. The van der Waals surface area contributed by atoms with Crippen molar-refractivity contribution >= 4 is 0 Å². The predicted molar refractivity (Wildman–Crippen MR) is 59.8 cm³/mol. The molecule has 0 unspecified atom stereocenters. The number of aliphatic hydroxyl groups is 1. The van der Waals surface area contributed by atoms with Crippen molar-refractivity contribution in [3.63, 3.8) is 0 Å². The number of rotatable bonds is 2. The molecule has 88 valence electrons. The van der Waals surface area contributed by atoms with Crippen molar-refractivity contribution in [3.05, 3.63) is 29.6 Å². The zero-order chi connectivity index (χ0) is 11.5. The summed E-state index contributed by atoms with van der Waals surface area (Å²) in [6.45, 7) is 0.231. The van der Waals surface area contributed by atoms with E-state index in [1.54, 1.807) is 0 Å². The van der Waals surface area contributed by atoms with E-state index < -0.39 is 0 Å². The third-order valence-electron chi connectivity index (χ3n) is 3.52. The van der Waals surface area contributed by atoms with Crippen molar-refractivity contribution in [1.29, 1.82) is 0 Å². The second kappa shape index (κ2) is 4.83. The molecule has 2 nitrogen and oxygen atoms in total. The van der Waals surface area contributed by atoms with Crippen molar-refractivity contribution in [2.75, 3.05) is 6.61 Å². The van der Waals surface area contributed by atoms with E-state index in [1.807, 2.05) is 0 Å². The number of halogens is 1. The van der Waals surface area contributed by atoms with Crippen LogP contribution in [-0.2, 0) is 0 Å². The average molecular weight is 224 g/mol. The van der Waals surface area contributed by atoms with Crippen LogP contribution in [-0.4, -0.2) is 16.8 Å². The maximum atomic E-state index is 13.6. The maximum Gasteiger partial charge on any atom is 0.126 e. The molecule has 1 fully saturated rings. The number of phenols is 1. The van der Waals surface area contributed by atoms with Gasteiger partial charge in [-0.1, -0.05) is 0 Å². The molecule has 1 aromatic rings. The van der Waals surface area contributed by atoms with E-state index >= 15 is 0 Å². The highest BCUT2D eigenvalue weighted by atomic mass is 19.1. The number of benzene rings is 1. The van der Waals surface area contributed by atoms with Crippen molar-refractivity contribution in [2.45, 2.75) is 31.6 Å². The third kappa shape index (κ3) is 2.35. The van der Waals surface area contributed by atoms with Gasteiger partial charge in [0.05, 0.1) is 0 Å². The Morgan fingerprint density at radius 3 is 2.50 bits per heavy atom. The molecule has 0 aromatic heterocycles.